The number of rotatable bonds is 16. The molecular formula is C25H26F6N6O7S2. The van der Waals surface area contributed by atoms with Gasteiger partial charge < -0.3 is 20.8 Å². The molecule has 0 saturated heterocycles. The smallest absolute Gasteiger partial charge is 0.451 e. The Kier molecular flexibility index (Phi) is 13.7. The molecule has 2 amide bonds. The van der Waals surface area contributed by atoms with Crippen molar-refractivity contribution in [1.29, 1.82) is 0 Å². The van der Waals surface area contributed by atoms with Gasteiger partial charge in [0.15, 0.2) is 0 Å². The maximum Gasteiger partial charge on any atom is 0.451 e. The molecule has 0 radical (unpaired) electrons. The van der Waals surface area contributed by atoms with Gasteiger partial charge >= 0.3 is 24.3 Å². The zero-order valence-corrected chi connectivity index (χ0v) is 25.4. The second-order valence-corrected chi connectivity index (χ2v) is 11.8. The Morgan fingerprint density at radius 2 is 1.26 bits per heavy atom. The van der Waals surface area contributed by atoms with Crippen LogP contribution < -0.4 is 10.6 Å². The van der Waals surface area contributed by atoms with Crippen molar-refractivity contribution < 1.29 is 60.5 Å². The number of hydrogen-bond donors (Lipinski definition) is 4. The molecule has 0 fully saturated rings. The highest BCUT2D eigenvalue weighted by Gasteiger charge is 2.37. The number of nitrogens with one attached hydrogen (secondary N) is 2. The van der Waals surface area contributed by atoms with Crippen LogP contribution in [0.5, 0.6) is 0 Å². The van der Waals surface area contributed by atoms with E-state index in [0.717, 1.165) is 32.3 Å². The maximum absolute atomic E-state index is 13.4. The summed E-state index contributed by atoms with van der Waals surface area (Å²) in [7, 11) is 0. The van der Waals surface area contributed by atoms with Crippen molar-refractivity contribution in [3.8, 4) is 0 Å². The van der Waals surface area contributed by atoms with E-state index in [2.05, 4.69) is 30.6 Å². The first-order chi connectivity index (χ1) is 21.3. The maximum atomic E-state index is 13.4. The Hall–Kier alpha value is -4.01. The van der Waals surface area contributed by atoms with Gasteiger partial charge in [-0.2, -0.15) is 26.3 Å². The molecule has 0 aromatic carbocycles. The third-order valence-corrected chi connectivity index (χ3v) is 8.26. The number of ketones is 1. The normalized spacial score (nSPS) is 14.4. The standard InChI is InChI=1S/C25H26F6N6O7S2/c1-11(38)34-15(21(41)42)9-45-17(14-3-5-33-23(36-14)25(29,30)31)7-13(40)8-18(46-10-16(22(43)44)35-12(2)39)20-32-6-4-19(37-20)24(26,27)28/h3-6,15-18H,7-10H2,1-2H3,(H,34,38)(H,35,39)(H,41,42)(H,43,44)/t15-,16-,17?,18?/m0/s1. The molecule has 0 aliphatic heterocycles. The van der Waals surface area contributed by atoms with Crippen LogP contribution >= 0.6 is 23.5 Å². The molecule has 0 bridgehead atoms. The van der Waals surface area contributed by atoms with Gasteiger partial charge in [-0.05, 0) is 12.1 Å². The predicted molar refractivity (Wildman–Crippen MR) is 149 cm³/mol. The topological polar surface area (TPSA) is 201 Å². The number of aliphatic carboxylic acids is 2. The number of halogens is 6. The van der Waals surface area contributed by atoms with Gasteiger partial charge in [-0.1, -0.05) is 0 Å². The van der Waals surface area contributed by atoms with Crippen LogP contribution in [0.3, 0.4) is 0 Å². The van der Waals surface area contributed by atoms with Crippen molar-refractivity contribution in [3.63, 3.8) is 0 Å². The zero-order valence-electron chi connectivity index (χ0n) is 23.8. The molecule has 4 N–H and O–H groups in total. The largest absolute Gasteiger partial charge is 0.480 e. The van der Waals surface area contributed by atoms with Crippen molar-refractivity contribution in [2.24, 2.45) is 0 Å². The van der Waals surface area contributed by atoms with Crippen molar-refractivity contribution in [3.05, 3.63) is 47.6 Å². The highest BCUT2D eigenvalue weighted by Crippen LogP contribution is 2.38. The minimum Gasteiger partial charge on any atom is -0.480 e. The highest BCUT2D eigenvalue weighted by molar-refractivity contribution is 7.99. The number of amides is 2. The summed E-state index contributed by atoms with van der Waals surface area (Å²) in [5.41, 5.74) is -1.69. The van der Waals surface area contributed by atoms with E-state index in [4.69, 9.17) is 0 Å². The van der Waals surface area contributed by atoms with Crippen LogP contribution in [0.2, 0.25) is 0 Å². The van der Waals surface area contributed by atoms with Gasteiger partial charge in [-0.25, -0.2) is 29.5 Å². The summed E-state index contributed by atoms with van der Waals surface area (Å²) >= 11 is 1.32. The molecule has 46 heavy (non-hydrogen) atoms. The molecule has 2 rings (SSSR count). The minimum absolute atomic E-state index is 0.330. The number of alkyl halides is 6. The summed E-state index contributed by atoms with van der Waals surface area (Å²) in [6, 6.07) is -1.40. The minimum atomic E-state index is -4.98. The zero-order chi connectivity index (χ0) is 34.8. The third kappa shape index (κ3) is 12.4. The van der Waals surface area contributed by atoms with Crippen LogP contribution in [0.1, 0.15) is 60.2 Å². The molecule has 0 spiro atoms. The second-order valence-electron chi connectivity index (χ2n) is 9.37. The Bertz CT molecular complexity index is 1330. The number of carboxylic acids is 2. The van der Waals surface area contributed by atoms with Crippen molar-refractivity contribution in [2.75, 3.05) is 11.5 Å². The molecule has 2 unspecified atom stereocenters. The average molecular weight is 701 g/mol. The lowest BCUT2D eigenvalue weighted by molar-refractivity contribution is -0.145. The van der Waals surface area contributed by atoms with E-state index in [1.54, 1.807) is 0 Å². The van der Waals surface area contributed by atoms with E-state index in [9.17, 15) is 60.5 Å². The van der Waals surface area contributed by atoms with Crippen LogP contribution in [-0.2, 0) is 36.3 Å². The summed E-state index contributed by atoms with van der Waals surface area (Å²) in [6.07, 6.45) is -9.62. The molecule has 2 heterocycles. The van der Waals surface area contributed by atoms with Gasteiger partial charge in [0.1, 0.15) is 29.4 Å². The molecule has 4 atom stereocenters. The summed E-state index contributed by atoms with van der Waals surface area (Å²) in [5.74, 6) is -8.11. The summed E-state index contributed by atoms with van der Waals surface area (Å²) in [4.78, 5) is 73.3. The average Bonchev–Trinajstić information content (AvgIpc) is 2.94. The Morgan fingerprint density at radius 3 is 1.74 bits per heavy atom. The fourth-order valence-corrected chi connectivity index (χ4v) is 6.08. The Labute approximate surface area is 264 Å². The highest BCUT2D eigenvalue weighted by atomic mass is 32.2. The molecule has 0 aliphatic carbocycles. The van der Waals surface area contributed by atoms with E-state index in [0.29, 0.717) is 29.6 Å². The van der Waals surface area contributed by atoms with Crippen LogP contribution in [0.4, 0.5) is 26.3 Å². The molecular weight excluding hydrogens is 674 g/mol. The number of hydrogen-bond acceptors (Lipinski definition) is 11. The first-order valence-electron chi connectivity index (χ1n) is 12.8. The van der Waals surface area contributed by atoms with Crippen molar-refractivity contribution >= 4 is 53.1 Å². The number of carbonyl (C=O) groups excluding carboxylic acids is 3. The van der Waals surface area contributed by atoms with Gasteiger partial charge in [0.25, 0.3) is 0 Å². The van der Waals surface area contributed by atoms with Crippen LogP contribution in [0.25, 0.3) is 0 Å². The van der Waals surface area contributed by atoms with E-state index in [1.807, 2.05) is 0 Å². The summed E-state index contributed by atoms with van der Waals surface area (Å²) in [5, 5.41) is 20.6. The lowest BCUT2D eigenvalue weighted by atomic mass is 10.1. The number of carboxylic acid groups (broad SMARTS) is 2. The molecule has 21 heteroatoms. The fraction of sp³-hybridized carbons (Fsp3) is 0.480. The Balaban J connectivity index is 2.44. The summed E-state index contributed by atoms with van der Waals surface area (Å²) in [6.45, 7) is 2.07. The van der Waals surface area contributed by atoms with Crippen LogP contribution in [0, 0.1) is 0 Å². The lowest BCUT2D eigenvalue weighted by Crippen LogP contribution is -2.41. The third-order valence-electron chi connectivity index (χ3n) is 5.62. The molecule has 0 saturated carbocycles. The monoisotopic (exact) mass is 700 g/mol. The predicted octanol–water partition coefficient (Wildman–Crippen LogP) is 3.08. The number of nitrogens with zero attached hydrogens (tertiary/aromatic N) is 4. The van der Waals surface area contributed by atoms with Gasteiger partial charge in [0.05, 0.1) is 16.2 Å². The van der Waals surface area contributed by atoms with Crippen LogP contribution in [0.15, 0.2) is 24.5 Å². The SMILES string of the molecule is CC(=O)N[C@@H](CSC(CC(=O)CC(SC[C@H](NC(C)=O)C(=O)O)c1nccc(C(F)(F)F)n1)c1ccnc(C(F)(F)F)n1)C(=O)O. The van der Waals surface area contributed by atoms with Gasteiger partial charge in [0, 0.05) is 50.6 Å². The first-order valence-corrected chi connectivity index (χ1v) is 14.9. The van der Waals surface area contributed by atoms with Gasteiger partial charge in [-0.15, -0.1) is 23.5 Å². The van der Waals surface area contributed by atoms with Crippen LogP contribution in [-0.4, -0.2) is 83.3 Å². The number of Topliss-reactive ketones (excluding diaryl/α,β-unsaturated/α-hetero) is 1. The van der Waals surface area contributed by atoms with Gasteiger partial charge in [-0.3, -0.25) is 14.4 Å². The Morgan fingerprint density at radius 1 is 0.761 bits per heavy atom. The molecule has 13 nitrogen and oxygen atoms in total. The molecule has 2 aromatic rings. The fourth-order valence-electron chi connectivity index (χ4n) is 3.61. The van der Waals surface area contributed by atoms with E-state index >= 15 is 0 Å². The van der Waals surface area contributed by atoms with Crippen molar-refractivity contribution in [2.45, 2.75) is 61.6 Å². The van der Waals surface area contributed by atoms with Crippen molar-refractivity contribution in [1.82, 2.24) is 30.6 Å². The van der Waals surface area contributed by atoms with E-state index in [1.165, 1.54) is 0 Å². The molecule has 0 aliphatic rings. The number of thioether (sulfide) groups is 2. The van der Waals surface area contributed by atoms with E-state index in [-0.39, 0.29) is 5.69 Å². The number of aromatic nitrogens is 4. The second kappa shape index (κ2) is 16.5. The molecule has 252 valence electrons. The molecule has 2 aromatic heterocycles. The van der Waals surface area contributed by atoms with Gasteiger partial charge in [0.2, 0.25) is 17.6 Å². The first kappa shape index (κ1) is 38.2. The number of carbonyl (C=O) groups is 5. The summed E-state index contributed by atoms with van der Waals surface area (Å²) < 4.78 is 80.1. The lowest BCUT2D eigenvalue weighted by Gasteiger charge is -2.22. The van der Waals surface area contributed by atoms with E-state index < -0.39 is 106 Å². The quantitative estimate of drug-likeness (QED) is 0.186.